The molecule has 3 heteroatoms. The van der Waals surface area contributed by atoms with Crippen molar-refractivity contribution in [3.05, 3.63) is 23.2 Å². The van der Waals surface area contributed by atoms with E-state index in [-0.39, 0.29) is 0 Å². The molecule has 0 aliphatic rings. The predicted octanol–water partition coefficient (Wildman–Crippen LogP) is 4.25. The van der Waals surface area contributed by atoms with Gasteiger partial charge in [0.25, 0.3) is 0 Å². The normalized spacial score (nSPS) is 14.2. The first-order valence-corrected chi connectivity index (χ1v) is 6.57. The van der Waals surface area contributed by atoms with Crippen LogP contribution < -0.4 is 10.2 Å². The third kappa shape index (κ3) is 3.53. The second kappa shape index (κ2) is 6.15. The zero-order valence-corrected chi connectivity index (χ0v) is 12.2. The van der Waals surface area contributed by atoms with Crippen LogP contribution in [0.4, 0.5) is 11.4 Å². The molecule has 1 rings (SSSR count). The monoisotopic (exact) mass is 254 g/mol. The lowest BCUT2D eigenvalue weighted by Gasteiger charge is -2.25. The molecule has 0 aliphatic heterocycles. The van der Waals surface area contributed by atoms with Gasteiger partial charge in [0, 0.05) is 20.1 Å². The Morgan fingerprint density at radius 2 is 1.94 bits per heavy atom. The van der Waals surface area contributed by atoms with E-state index in [0.717, 1.165) is 16.4 Å². The molecule has 0 aliphatic carbocycles. The summed E-state index contributed by atoms with van der Waals surface area (Å²) in [5.41, 5.74) is 2.17. The van der Waals surface area contributed by atoms with Crippen molar-refractivity contribution in [2.24, 2.45) is 5.92 Å². The summed E-state index contributed by atoms with van der Waals surface area (Å²) in [6.45, 7) is 6.69. The number of nitrogens with zero attached hydrogens (tertiary/aromatic N) is 1. The van der Waals surface area contributed by atoms with Gasteiger partial charge in [-0.15, -0.1) is 0 Å². The molecule has 17 heavy (non-hydrogen) atoms. The number of hydrogen-bond acceptors (Lipinski definition) is 2. The second-order valence-corrected chi connectivity index (χ2v) is 5.26. The Morgan fingerprint density at radius 1 is 1.29 bits per heavy atom. The predicted molar refractivity (Wildman–Crippen MR) is 78.3 cm³/mol. The van der Waals surface area contributed by atoms with Crippen molar-refractivity contribution < 1.29 is 0 Å². The summed E-state index contributed by atoms with van der Waals surface area (Å²) in [4.78, 5) is 2.05. The highest BCUT2D eigenvalue weighted by molar-refractivity contribution is 6.34. The average Bonchev–Trinajstić information content (AvgIpc) is 2.27. The van der Waals surface area contributed by atoms with Crippen LogP contribution in [0.25, 0.3) is 0 Å². The maximum absolute atomic E-state index is 6.24. The molecule has 1 aromatic carbocycles. The van der Waals surface area contributed by atoms with E-state index >= 15 is 0 Å². The topological polar surface area (TPSA) is 15.3 Å². The Balaban J connectivity index is 2.94. The number of rotatable bonds is 5. The standard InChI is InChI=1S/C14H23ClN2/c1-6-10(2)11(3)16-13-9-7-8-12(15)14(13)17(4)5/h7-11,16H,6H2,1-5H3. The van der Waals surface area contributed by atoms with Crippen molar-refractivity contribution in [1.82, 2.24) is 0 Å². The van der Waals surface area contributed by atoms with Crippen LogP contribution in [-0.4, -0.2) is 20.1 Å². The highest BCUT2D eigenvalue weighted by Crippen LogP contribution is 2.33. The minimum Gasteiger partial charge on any atom is -0.381 e. The zero-order chi connectivity index (χ0) is 13.0. The number of anilines is 2. The Bertz CT molecular complexity index is 363. The first-order valence-electron chi connectivity index (χ1n) is 6.19. The third-order valence-corrected chi connectivity index (χ3v) is 3.62. The number of nitrogens with one attached hydrogen (secondary N) is 1. The number of hydrogen-bond donors (Lipinski definition) is 1. The molecular weight excluding hydrogens is 232 g/mol. The van der Waals surface area contributed by atoms with E-state index in [2.05, 4.69) is 32.2 Å². The molecule has 1 aromatic rings. The Kier molecular flexibility index (Phi) is 5.13. The molecule has 2 unspecified atom stereocenters. The summed E-state index contributed by atoms with van der Waals surface area (Å²) in [6.07, 6.45) is 1.17. The highest BCUT2D eigenvalue weighted by atomic mass is 35.5. The molecule has 0 spiro atoms. The fourth-order valence-corrected chi connectivity index (χ4v) is 2.17. The zero-order valence-electron chi connectivity index (χ0n) is 11.4. The molecule has 0 amide bonds. The maximum Gasteiger partial charge on any atom is 0.0786 e. The molecule has 0 fully saturated rings. The van der Waals surface area contributed by atoms with E-state index in [4.69, 9.17) is 11.6 Å². The number of benzene rings is 1. The first kappa shape index (κ1) is 14.2. The number of para-hydroxylation sites is 1. The van der Waals surface area contributed by atoms with E-state index in [9.17, 15) is 0 Å². The molecular formula is C14H23ClN2. The summed E-state index contributed by atoms with van der Waals surface area (Å²) >= 11 is 6.24. The van der Waals surface area contributed by atoms with Gasteiger partial charge in [0.2, 0.25) is 0 Å². The van der Waals surface area contributed by atoms with Crippen LogP contribution in [0.3, 0.4) is 0 Å². The van der Waals surface area contributed by atoms with Gasteiger partial charge in [-0.05, 0) is 25.0 Å². The highest BCUT2D eigenvalue weighted by Gasteiger charge is 2.14. The molecule has 0 heterocycles. The Morgan fingerprint density at radius 3 is 2.47 bits per heavy atom. The summed E-state index contributed by atoms with van der Waals surface area (Å²) < 4.78 is 0. The van der Waals surface area contributed by atoms with Crippen LogP contribution in [0.5, 0.6) is 0 Å². The molecule has 1 N–H and O–H groups in total. The van der Waals surface area contributed by atoms with Crippen molar-refractivity contribution in [2.45, 2.75) is 33.2 Å². The third-order valence-electron chi connectivity index (χ3n) is 3.31. The molecule has 0 saturated heterocycles. The van der Waals surface area contributed by atoms with Crippen LogP contribution in [0.15, 0.2) is 18.2 Å². The minimum absolute atomic E-state index is 0.442. The van der Waals surface area contributed by atoms with Gasteiger partial charge in [-0.3, -0.25) is 0 Å². The van der Waals surface area contributed by atoms with Gasteiger partial charge in [0.15, 0.2) is 0 Å². The van der Waals surface area contributed by atoms with Crippen molar-refractivity contribution in [3.63, 3.8) is 0 Å². The summed E-state index contributed by atoms with van der Waals surface area (Å²) in [5, 5.41) is 4.35. The fourth-order valence-electron chi connectivity index (χ4n) is 1.83. The van der Waals surface area contributed by atoms with Gasteiger partial charge in [-0.25, -0.2) is 0 Å². The van der Waals surface area contributed by atoms with E-state index in [1.807, 2.05) is 31.1 Å². The van der Waals surface area contributed by atoms with Gasteiger partial charge >= 0.3 is 0 Å². The lowest BCUT2D eigenvalue weighted by Crippen LogP contribution is -2.24. The first-order chi connectivity index (χ1) is 7.97. The molecule has 96 valence electrons. The van der Waals surface area contributed by atoms with Crippen molar-refractivity contribution >= 4 is 23.0 Å². The lowest BCUT2D eigenvalue weighted by molar-refractivity contribution is 0.495. The van der Waals surface area contributed by atoms with E-state index in [0.29, 0.717) is 12.0 Å². The molecule has 2 atom stereocenters. The SMILES string of the molecule is CCC(C)C(C)Nc1cccc(Cl)c1N(C)C. The largest absolute Gasteiger partial charge is 0.381 e. The van der Waals surface area contributed by atoms with Crippen LogP contribution >= 0.6 is 11.6 Å². The molecule has 0 bridgehead atoms. The van der Waals surface area contributed by atoms with Gasteiger partial charge in [0.05, 0.1) is 16.4 Å². The molecule has 2 nitrogen and oxygen atoms in total. The molecule has 0 radical (unpaired) electrons. The van der Waals surface area contributed by atoms with E-state index < -0.39 is 0 Å². The fraction of sp³-hybridized carbons (Fsp3) is 0.571. The van der Waals surface area contributed by atoms with Gasteiger partial charge in [-0.1, -0.05) is 37.9 Å². The summed E-state index contributed by atoms with van der Waals surface area (Å²) in [5.74, 6) is 0.643. The second-order valence-electron chi connectivity index (χ2n) is 4.85. The Hall–Kier alpha value is -0.890. The van der Waals surface area contributed by atoms with E-state index in [1.54, 1.807) is 0 Å². The van der Waals surface area contributed by atoms with Gasteiger partial charge in [0.1, 0.15) is 0 Å². The van der Waals surface area contributed by atoms with Crippen LogP contribution in [0, 0.1) is 5.92 Å². The van der Waals surface area contributed by atoms with Gasteiger partial charge < -0.3 is 10.2 Å². The quantitative estimate of drug-likeness (QED) is 0.845. The van der Waals surface area contributed by atoms with E-state index in [1.165, 1.54) is 6.42 Å². The van der Waals surface area contributed by atoms with Gasteiger partial charge in [-0.2, -0.15) is 0 Å². The van der Waals surface area contributed by atoms with Crippen molar-refractivity contribution in [2.75, 3.05) is 24.3 Å². The molecule has 0 aromatic heterocycles. The van der Waals surface area contributed by atoms with Crippen LogP contribution in [-0.2, 0) is 0 Å². The summed E-state index contributed by atoms with van der Waals surface area (Å²) in [7, 11) is 4.03. The maximum atomic E-state index is 6.24. The smallest absolute Gasteiger partial charge is 0.0786 e. The van der Waals surface area contributed by atoms with Crippen LogP contribution in [0.2, 0.25) is 5.02 Å². The van der Waals surface area contributed by atoms with Crippen molar-refractivity contribution in [3.8, 4) is 0 Å². The Labute approximate surface area is 110 Å². The van der Waals surface area contributed by atoms with Crippen LogP contribution in [0.1, 0.15) is 27.2 Å². The molecule has 0 saturated carbocycles. The lowest BCUT2D eigenvalue weighted by atomic mass is 10.0. The van der Waals surface area contributed by atoms with Crippen molar-refractivity contribution in [1.29, 1.82) is 0 Å². The summed E-state index contributed by atoms with van der Waals surface area (Å²) in [6, 6.07) is 6.44. The minimum atomic E-state index is 0.442. The average molecular weight is 255 g/mol. The number of halogens is 1.